The van der Waals surface area contributed by atoms with Crippen LogP contribution in [0.5, 0.6) is 5.75 Å². The number of carbonyl (C=O) groups is 1. The largest absolute Gasteiger partial charge is 0.478 e. The topological polar surface area (TPSA) is 74.4 Å². The van der Waals surface area contributed by atoms with Crippen LogP contribution in [0.4, 0.5) is 5.69 Å². The van der Waals surface area contributed by atoms with Crippen LogP contribution in [-0.2, 0) is 6.54 Å². The van der Waals surface area contributed by atoms with Gasteiger partial charge in [0.05, 0.1) is 4.92 Å². The van der Waals surface area contributed by atoms with Crippen molar-refractivity contribution in [2.24, 2.45) is 0 Å². The van der Waals surface area contributed by atoms with Crippen LogP contribution >= 0.6 is 0 Å². The highest BCUT2D eigenvalue weighted by atomic mass is 16.6. The minimum absolute atomic E-state index is 0.105. The van der Waals surface area contributed by atoms with E-state index in [1.54, 1.807) is 31.2 Å². The third-order valence-electron chi connectivity index (χ3n) is 3.86. The number of nitrogens with zero attached hydrogens (tertiary/aromatic N) is 2. The molecule has 126 valence electrons. The predicted octanol–water partition coefficient (Wildman–Crippen LogP) is 3.77. The highest BCUT2D eigenvalue weighted by Gasteiger charge is 2.19. The molecule has 6 heteroatoms. The van der Waals surface area contributed by atoms with Crippen molar-refractivity contribution < 1.29 is 14.5 Å². The molecule has 6 nitrogen and oxygen atoms in total. The molecule has 0 amide bonds. The summed E-state index contributed by atoms with van der Waals surface area (Å²) in [7, 11) is 0. The van der Waals surface area contributed by atoms with Gasteiger partial charge in [0.25, 0.3) is 0 Å². The zero-order valence-corrected chi connectivity index (χ0v) is 14.0. The maximum atomic E-state index is 12.4. The van der Waals surface area contributed by atoms with Crippen LogP contribution in [0, 0.1) is 30.9 Å². The molecule has 0 aliphatic carbocycles. The molecule has 0 saturated heterocycles. The number of aromatic nitrogens is 1. The van der Waals surface area contributed by atoms with Gasteiger partial charge < -0.3 is 9.30 Å². The Kier molecular flexibility index (Phi) is 5.18. The number of aryl methyl sites for hydroxylation is 2. The van der Waals surface area contributed by atoms with Crippen molar-refractivity contribution in [3.63, 3.8) is 0 Å². The maximum absolute atomic E-state index is 12.4. The first-order valence-electron chi connectivity index (χ1n) is 7.53. The second-order valence-electron chi connectivity index (χ2n) is 5.62. The third kappa shape index (κ3) is 3.53. The molecule has 0 unspecified atom stereocenters. The second kappa shape index (κ2) is 7.12. The van der Waals surface area contributed by atoms with E-state index in [1.165, 1.54) is 6.07 Å². The van der Waals surface area contributed by atoms with Crippen LogP contribution in [-0.4, -0.2) is 21.9 Å². The fourth-order valence-electron chi connectivity index (χ4n) is 2.60. The van der Waals surface area contributed by atoms with Gasteiger partial charge in [-0.3, -0.25) is 14.9 Å². The fraction of sp³-hybridized carbons (Fsp3) is 0.278. The average molecular weight is 328 g/mol. The number of ketones is 1. The Bertz CT molecular complexity index is 806. The van der Waals surface area contributed by atoms with Gasteiger partial charge in [-0.1, -0.05) is 12.1 Å². The van der Waals surface area contributed by atoms with Crippen LogP contribution in [0.1, 0.15) is 27.3 Å². The van der Waals surface area contributed by atoms with E-state index in [9.17, 15) is 14.9 Å². The lowest BCUT2D eigenvalue weighted by molar-refractivity contribution is -0.385. The third-order valence-corrected chi connectivity index (χ3v) is 3.86. The normalized spacial score (nSPS) is 10.5. The zero-order valence-electron chi connectivity index (χ0n) is 14.0. The maximum Gasteiger partial charge on any atom is 0.310 e. The minimum atomic E-state index is -0.519. The van der Waals surface area contributed by atoms with Crippen molar-refractivity contribution in [2.75, 3.05) is 6.61 Å². The van der Waals surface area contributed by atoms with Crippen LogP contribution in [0.25, 0.3) is 0 Å². The molecule has 24 heavy (non-hydrogen) atoms. The number of carbonyl (C=O) groups excluding carboxylic acids is 1. The summed E-state index contributed by atoms with van der Waals surface area (Å²) in [5, 5.41) is 11.0. The standard InChI is InChI=1S/C18H20N2O4/c1-5-8-19-13(3)10-15(14(19)4)17(21)11-24-18-9-12(2)6-7-16(18)20(22)23/h5-7,9-10H,1,8,11H2,2-4H3. The van der Waals surface area contributed by atoms with E-state index in [2.05, 4.69) is 6.58 Å². The lowest BCUT2D eigenvalue weighted by Crippen LogP contribution is -2.13. The molecular formula is C18H20N2O4. The number of rotatable bonds is 7. The molecule has 0 bridgehead atoms. The fourth-order valence-corrected chi connectivity index (χ4v) is 2.60. The monoisotopic (exact) mass is 328 g/mol. The predicted molar refractivity (Wildman–Crippen MR) is 91.8 cm³/mol. The number of ether oxygens (including phenoxy) is 1. The first-order valence-corrected chi connectivity index (χ1v) is 7.53. The minimum Gasteiger partial charge on any atom is -0.478 e. The highest BCUT2D eigenvalue weighted by molar-refractivity contribution is 5.98. The molecule has 0 fully saturated rings. The number of nitro groups is 1. The van der Waals surface area contributed by atoms with Crippen molar-refractivity contribution in [3.05, 3.63) is 69.5 Å². The molecule has 1 aromatic carbocycles. The van der Waals surface area contributed by atoms with E-state index in [-0.39, 0.29) is 23.8 Å². The first-order chi connectivity index (χ1) is 11.3. The molecule has 0 aliphatic heterocycles. The van der Waals surface area contributed by atoms with Gasteiger partial charge in [-0.15, -0.1) is 6.58 Å². The van der Waals surface area contributed by atoms with Gasteiger partial charge in [-0.25, -0.2) is 0 Å². The first kappa shape index (κ1) is 17.5. The molecule has 0 atom stereocenters. The summed E-state index contributed by atoms with van der Waals surface area (Å²) in [6.07, 6.45) is 1.76. The summed E-state index contributed by atoms with van der Waals surface area (Å²) in [5.41, 5.74) is 3.03. The molecule has 1 heterocycles. The zero-order chi connectivity index (χ0) is 17.9. The molecule has 0 N–H and O–H groups in total. The second-order valence-corrected chi connectivity index (χ2v) is 5.62. The van der Waals surface area contributed by atoms with Crippen LogP contribution < -0.4 is 4.74 Å². The number of Topliss-reactive ketones (excluding diaryl/α,β-unsaturated/α-hetero) is 1. The van der Waals surface area contributed by atoms with Crippen LogP contribution in [0.15, 0.2) is 36.9 Å². The van der Waals surface area contributed by atoms with Gasteiger partial charge in [0.2, 0.25) is 5.78 Å². The molecule has 0 radical (unpaired) electrons. The SMILES string of the molecule is C=CCn1c(C)cc(C(=O)COc2cc(C)ccc2[N+](=O)[O-])c1C. The van der Waals surface area contributed by atoms with E-state index in [0.29, 0.717) is 12.1 Å². The molecular weight excluding hydrogens is 308 g/mol. The Balaban J connectivity index is 2.20. The Morgan fingerprint density at radius 1 is 1.33 bits per heavy atom. The smallest absolute Gasteiger partial charge is 0.310 e. The molecule has 0 spiro atoms. The number of allylic oxidation sites excluding steroid dienone is 1. The molecule has 0 aliphatic rings. The van der Waals surface area contributed by atoms with E-state index < -0.39 is 4.92 Å². The Labute approximate surface area is 140 Å². The van der Waals surface area contributed by atoms with E-state index >= 15 is 0 Å². The van der Waals surface area contributed by atoms with Gasteiger partial charge in [-0.05, 0) is 38.5 Å². The molecule has 2 aromatic rings. The van der Waals surface area contributed by atoms with Gasteiger partial charge in [0.1, 0.15) is 0 Å². The molecule has 0 saturated carbocycles. The Morgan fingerprint density at radius 2 is 2.04 bits per heavy atom. The molecule has 2 rings (SSSR count). The molecule has 1 aromatic heterocycles. The Morgan fingerprint density at radius 3 is 2.67 bits per heavy atom. The number of hydrogen-bond donors (Lipinski definition) is 0. The van der Waals surface area contributed by atoms with Crippen LogP contribution in [0.2, 0.25) is 0 Å². The van der Waals surface area contributed by atoms with Gasteiger partial charge in [0.15, 0.2) is 12.4 Å². The average Bonchev–Trinajstić information content (AvgIpc) is 2.81. The number of nitro benzene ring substituents is 1. The lowest BCUT2D eigenvalue weighted by atomic mass is 10.1. The number of benzene rings is 1. The van der Waals surface area contributed by atoms with Crippen molar-refractivity contribution in [1.82, 2.24) is 4.57 Å². The van der Waals surface area contributed by atoms with E-state index in [0.717, 1.165) is 17.0 Å². The van der Waals surface area contributed by atoms with E-state index in [1.807, 2.05) is 18.4 Å². The lowest BCUT2D eigenvalue weighted by Gasteiger charge is -2.08. The van der Waals surface area contributed by atoms with Crippen molar-refractivity contribution in [3.8, 4) is 5.75 Å². The number of hydrogen-bond acceptors (Lipinski definition) is 4. The summed E-state index contributed by atoms with van der Waals surface area (Å²) < 4.78 is 7.42. The van der Waals surface area contributed by atoms with Gasteiger partial charge in [-0.2, -0.15) is 0 Å². The summed E-state index contributed by atoms with van der Waals surface area (Å²) in [6, 6.07) is 6.38. The summed E-state index contributed by atoms with van der Waals surface area (Å²) in [6.45, 7) is 9.66. The van der Waals surface area contributed by atoms with Crippen LogP contribution in [0.3, 0.4) is 0 Å². The van der Waals surface area contributed by atoms with Gasteiger partial charge >= 0.3 is 5.69 Å². The Hall–Kier alpha value is -2.89. The summed E-state index contributed by atoms with van der Waals surface area (Å²) in [5.74, 6) is -0.109. The summed E-state index contributed by atoms with van der Waals surface area (Å²) >= 11 is 0. The van der Waals surface area contributed by atoms with Gasteiger partial charge in [0, 0.05) is 29.6 Å². The van der Waals surface area contributed by atoms with E-state index in [4.69, 9.17) is 4.74 Å². The quantitative estimate of drug-likeness (QED) is 0.335. The van der Waals surface area contributed by atoms with Crippen molar-refractivity contribution >= 4 is 11.5 Å². The summed E-state index contributed by atoms with van der Waals surface area (Å²) in [4.78, 5) is 23.0. The highest BCUT2D eigenvalue weighted by Crippen LogP contribution is 2.28. The van der Waals surface area contributed by atoms with Crippen molar-refractivity contribution in [1.29, 1.82) is 0 Å². The van der Waals surface area contributed by atoms with Crippen molar-refractivity contribution in [2.45, 2.75) is 27.3 Å².